The Morgan fingerprint density at radius 3 is 2.76 bits per heavy atom. The van der Waals surface area contributed by atoms with Crippen molar-refractivity contribution in [2.75, 3.05) is 18.4 Å². The minimum Gasteiger partial charge on any atom is -0.428 e. The summed E-state index contributed by atoms with van der Waals surface area (Å²) >= 11 is 0. The molecule has 1 N–H and O–H groups in total. The van der Waals surface area contributed by atoms with Crippen LogP contribution in [0.15, 0.2) is 36.7 Å². The molecule has 7 nitrogen and oxygen atoms in total. The van der Waals surface area contributed by atoms with Crippen LogP contribution in [0.2, 0.25) is 0 Å². The predicted molar refractivity (Wildman–Crippen MR) is 118 cm³/mol. The van der Waals surface area contributed by atoms with E-state index in [1.165, 1.54) is 6.07 Å². The van der Waals surface area contributed by atoms with E-state index < -0.39 is 11.7 Å². The molecule has 1 saturated heterocycles. The third-order valence-corrected chi connectivity index (χ3v) is 5.84. The summed E-state index contributed by atoms with van der Waals surface area (Å²) in [5, 5.41) is 13.4. The van der Waals surface area contributed by atoms with Gasteiger partial charge in [-0.15, -0.1) is 10.2 Å². The molecule has 33 heavy (non-hydrogen) atoms. The molecule has 2 aromatic heterocycles. The van der Waals surface area contributed by atoms with Crippen molar-refractivity contribution in [3.05, 3.63) is 42.2 Å². The molecule has 10 heteroatoms. The van der Waals surface area contributed by atoms with Gasteiger partial charge in [0.1, 0.15) is 11.4 Å². The maximum Gasteiger partial charge on any atom is 0.416 e. The normalized spacial score (nSPS) is 17.3. The fourth-order valence-electron chi connectivity index (χ4n) is 4.13. The van der Waals surface area contributed by atoms with E-state index in [2.05, 4.69) is 39.2 Å². The maximum atomic E-state index is 13.2. The lowest BCUT2D eigenvalue weighted by molar-refractivity contribution is -0.138. The van der Waals surface area contributed by atoms with E-state index in [1.807, 2.05) is 0 Å². The SMILES string of the molecule is CC(C)N1CCC[C@@H](Nc2nnc(-c3ccc(C(F)(F)F)cc3OC=O)c3ccncc23)C1. The molecule has 1 aliphatic rings. The molecule has 1 atom stereocenters. The summed E-state index contributed by atoms with van der Waals surface area (Å²) < 4.78 is 44.3. The second kappa shape index (κ2) is 9.30. The molecule has 0 amide bonds. The Balaban J connectivity index is 1.74. The van der Waals surface area contributed by atoms with Crippen molar-refractivity contribution in [1.82, 2.24) is 20.1 Å². The number of carbonyl (C=O) groups is 1. The van der Waals surface area contributed by atoms with E-state index in [9.17, 15) is 18.0 Å². The number of anilines is 1. The van der Waals surface area contributed by atoms with Gasteiger partial charge in [0, 0.05) is 47.4 Å². The highest BCUT2D eigenvalue weighted by molar-refractivity contribution is 6.00. The summed E-state index contributed by atoms with van der Waals surface area (Å²) in [6, 6.07) is 5.29. The number of benzene rings is 1. The van der Waals surface area contributed by atoms with Crippen LogP contribution in [-0.4, -0.2) is 51.7 Å². The first kappa shape index (κ1) is 22.9. The lowest BCUT2D eigenvalue weighted by Crippen LogP contribution is -2.45. The Kier molecular flexibility index (Phi) is 6.46. The van der Waals surface area contributed by atoms with Crippen LogP contribution in [0.3, 0.4) is 0 Å². The predicted octanol–water partition coefficient (Wildman–Crippen LogP) is 4.53. The van der Waals surface area contributed by atoms with Crippen LogP contribution < -0.4 is 10.1 Å². The zero-order valence-electron chi connectivity index (χ0n) is 18.3. The van der Waals surface area contributed by atoms with Crippen LogP contribution in [0.1, 0.15) is 32.3 Å². The lowest BCUT2D eigenvalue weighted by Gasteiger charge is -2.36. The molecule has 1 fully saturated rings. The van der Waals surface area contributed by atoms with Crippen LogP contribution in [0.4, 0.5) is 19.0 Å². The van der Waals surface area contributed by atoms with E-state index in [1.54, 1.807) is 18.5 Å². The Bertz CT molecular complexity index is 1150. The Hall–Kier alpha value is -3.27. The number of ether oxygens (including phenoxy) is 1. The molecule has 0 saturated carbocycles. The van der Waals surface area contributed by atoms with Crippen molar-refractivity contribution < 1.29 is 22.7 Å². The largest absolute Gasteiger partial charge is 0.428 e. The molecule has 0 radical (unpaired) electrons. The van der Waals surface area contributed by atoms with E-state index in [0.717, 1.165) is 38.1 Å². The number of nitrogens with one attached hydrogen (secondary N) is 1. The fraction of sp³-hybridized carbons (Fsp3) is 0.391. The minimum atomic E-state index is -4.57. The number of fused-ring (bicyclic) bond motifs is 1. The third-order valence-electron chi connectivity index (χ3n) is 5.84. The van der Waals surface area contributed by atoms with Crippen LogP contribution in [0.25, 0.3) is 22.0 Å². The van der Waals surface area contributed by atoms with Crippen molar-refractivity contribution >= 4 is 23.1 Å². The Labute approximate surface area is 189 Å². The molecule has 4 rings (SSSR count). The van der Waals surface area contributed by atoms with Gasteiger partial charge in [-0.25, -0.2) is 0 Å². The van der Waals surface area contributed by atoms with Gasteiger partial charge in [0.25, 0.3) is 6.47 Å². The quantitative estimate of drug-likeness (QED) is 0.543. The molecule has 174 valence electrons. The summed E-state index contributed by atoms with van der Waals surface area (Å²) in [6.45, 7) is 6.35. The van der Waals surface area contributed by atoms with Gasteiger partial charge < -0.3 is 10.1 Å². The second-order valence-corrected chi connectivity index (χ2v) is 8.31. The summed E-state index contributed by atoms with van der Waals surface area (Å²) in [5.74, 6) is 0.315. The fourth-order valence-corrected chi connectivity index (χ4v) is 4.13. The first-order chi connectivity index (χ1) is 15.8. The number of piperidine rings is 1. The molecule has 0 aliphatic carbocycles. The molecule has 0 bridgehead atoms. The zero-order valence-corrected chi connectivity index (χ0v) is 18.3. The van der Waals surface area contributed by atoms with E-state index in [-0.39, 0.29) is 23.8 Å². The smallest absolute Gasteiger partial charge is 0.416 e. The molecule has 3 aromatic rings. The van der Waals surface area contributed by atoms with Gasteiger partial charge in [0.15, 0.2) is 5.82 Å². The van der Waals surface area contributed by atoms with Crippen molar-refractivity contribution in [1.29, 1.82) is 0 Å². The molecular weight excluding hydrogens is 435 g/mol. The number of rotatable bonds is 6. The van der Waals surface area contributed by atoms with E-state index in [4.69, 9.17) is 4.74 Å². The highest BCUT2D eigenvalue weighted by Crippen LogP contribution is 2.39. The molecule has 1 aromatic carbocycles. The standard InChI is InChI=1S/C23H24F3N5O2/c1-14(2)31-9-3-4-16(12-31)28-22-19-11-27-8-7-17(19)21(29-30-22)18-6-5-15(23(24,25)26)10-20(18)33-13-32/h5-8,10-11,13-14,16H,3-4,9,12H2,1-2H3,(H,28,30)/t16-/m1/s1. The van der Waals surface area contributed by atoms with Gasteiger partial charge in [-0.2, -0.15) is 13.2 Å². The number of halogens is 3. The molecular formula is C23H24F3N5O2. The molecule has 3 heterocycles. The Morgan fingerprint density at radius 2 is 2.03 bits per heavy atom. The third kappa shape index (κ3) is 4.90. The number of nitrogens with zero attached hydrogens (tertiary/aromatic N) is 4. The van der Waals surface area contributed by atoms with Gasteiger partial charge in [-0.3, -0.25) is 14.7 Å². The van der Waals surface area contributed by atoms with E-state index >= 15 is 0 Å². The lowest BCUT2D eigenvalue weighted by atomic mass is 10.0. The van der Waals surface area contributed by atoms with Crippen LogP contribution in [0.5, 0.6) is 5.75 Å². The van der Waals surface area contributed by atoms with Gasteiger partial charge in [-0.05, 0) is 57.5 Å². The second-order valence-electron chi connectivity index (χ2n) is 8.31. The van der Waals surface area contributed by atoms with Gasteiger partial charge in [0.2, 0.25) is 0 Å². The average molecular weight is 459 g/mol. The van der Waals surface area contributed by atoms with Gasteiger partial charge in [0.05, 0.1) is 5.56 Å². The first-order valence-corrected chi connectivity index (χ1v) is 10.7. The number of carbonyl (C=O) groups excluding carboxylic acids is 1. The molecule has 1 aliphatic heterocycles. The monoisotopic (exact) mass is 459 g/mol. The summed E-state index contributed by atoms with van der Waals surface area (Å²) in [6.07, 6.45) is 0.695. The first-order valence-electron chi connectivity index (χ1n) is 10.7. The van der Waals surface area contributed by atoms with Crippen LogP contribution in [0, 0.1) is 0 Å². The number of likely N-dealkylation sites (tertiary alicyclic amines) is 1. The highest BCUT2D eigenvalue weighted by Gasteiger charge is 2.32. The average Bonchev–Trinajstić information content (AvgIpc) is 2.79. The summed E-state index contributed by atoms with van der Waals surface area (Å²) in [4.78, 5) is 17.6. The van der Waals surface area contributed by atoms with Crippen LogP contribution in [-0.2, 0) is 11.0 Å². The van der Waals surface area contributed by atoms with Crippen molar-refractivity contribution in [2.45, 2.75) is 44.9 Å². The number of aromatic nitrogens is 3. The van der Waals surface area contributed by atoms with Gasteiger partial charge >= 0.3 is 6.18 Å². The van der Waals surface area contributed by atoms with E-state index in [0.29, 0.717) is 28.3 Å². The molecule has 0 unspecified atom stereocenters. The Morgan fingerprint density at radius 1 is 1.21 bits per heavy atom. The maximum absolute atomic E-state index is 13.2. The number of alkyl halides is 3. The van der Waals surface area contributed by atoms with Crippen molar-refractivity contribution in [3.8, 4) is 17.0 Å². The molecule has 0 spiro atoms. The van der Waals surface area contributed by atoms with Crippen molar-refractivity contribution in [2.24, 2.45) is 0 Å². The van der Waals surface area contributed by atoms with Crippen molar-refractivity contribution in [3.63, 3.8) is 0 Å². The zero-order chi connectivity index (χ0) is 23.6. The summed E-state index contributed by atoms with van der Waals surface area (Å²) in [5.41, 5.74) is -0.391. The number of hydrogen-bond donors (Lipinski definition) is 1. The number of pyridine rings is 1. The van der Waals surface area contributed by atoms with Gasteiger partial charge in [-0.1, -0.05) is 0 Å². The number of hydrogen-bond acceptors (Lipinski definition) is 7. The topological polar surface area (TPSA) is 80.2 Å². The van der Waals surface area contributed by atoms with Crippen LogP contribution >= 0.6 is 0 Å². The summed E-state index contributed by atoms with van der Waals surface area (Å²) in [7, 11) is 0. The minimum absolute atomic E-state index is 0.0929. The highest BCUT2D eigenvalue weighted by atomic mass is 19.4.